The molecule has 0 aliphatic carbocycles. The van der Waals surface area contributed by atoms with E-state index in [2.05, 4.69) is 20.8 Å². The molecule has 0 aromatic carbocycles. The van der Waals surface area contributed by atoms with E-state index in [4.69, 9.17) is 0 Å². The number of likely N-dealkylation sites (tertiary alicyclic amines) is 1. The molecule has 3 nitrogen and oxygen atoms in total. The second-order valence-corrected chi connectivity index (χ2v) is 5.57. The first-order valence-electron chi connectivity index (χ1n) is 6.77. The standard InChI is InChI=1S/C14H21BrN2O/c15-12-13-6-2-1-4-8-16(13)10-11-17-9-5-3-7-14(17)18/h3,5,7,9,13H,1-2,4,6,8,10-12H2. The van der Waals surface area contributed by atoms with Crippen LogP contribution in [0.1, 0.15) is 25.7 Å². The molecule has 0 amide bonds. The Hall–Kier alpha value is -0.610. The lowest BCUT2D eigenvalue weighted by Crippen LogP contribution is -2.39. The van der Waals surface area contributed by atoms with Crippen LogP contribution < -0.4 is 5.56 Å². The van der Waals surface area contributed by atoms with Gasteiger partial charge in [0.05, 0.1) is 0 Å². The summed E-state index contributed by atoms with van der Waals surface area (Å²) in [6, 6.07) is 5.98. The number of pyridine rings is 1. The second kappa shape index (κ2) is 7.10. The topological polar surface area (TPSA) is 25.2 Å². The van der Waals surface area contributed by atoms with Gasteiger partial charge in [0.2, 0.25) is 0 Å². The predicted octanol–water partition coefficient (Wildman–Crippen LogP) is 2.49. The van der Waals surface area contributed by atoms with E-state index < -0.39 is 0 Å². The van der Waals surface area contributed by atoms with Crippen LogP contribution in [0.2, 0.25) is 0 Å². The molecule has 0 bridgehead atoms. The fourth-order valence-electron chi connectivity index (χ4n) is 2.59. The number of hydrogen-bond donors (Lipinski definition) is 0. The first kappa shape index (κ1) is 13.8. The van der Waals surface area contributed by atoms with E-state index in [9.17, 15) is 4.79 Å². The number of nitrogens with zero attached hydrogens (tertiary/aromatic N) is 2. The molecule has 1 aromatic rings. The van der Waals surface area contributed by atoms with Gasteiger partial charge in [-0.05, 0) is 25.5 Å². The Kier molecular flexibility index (Phi) is 5.45. The van der Waals surface area contributed by atoms with Gasteiger partial charge in [-0.15, -0.1) is 0 Å². The number of halogens is 1. The minimum atomic E-state index is 0.0997. The molecule has 0 radical (unpaired) electrons. The van der Waals surface area contributed by atoms with Gasteiger partial charge >= 0.3 is 0 Å². The zero-order chi connectivity index (χ0) is 12.8. The van der Waals surface area contributed by atoms with Crippen molar-refractivity contribution in [3.8, 4) is 0 Å². The van der Waals surface area contributed by atoms with Gasteiger partial charge in [0.1, 0.15) is 0 Å². The number of alkyl halides is 1. The highest BCUT2D eigenvalue weighted by molar-refractivity contribution is 9.09. The van der Waals surface area contributed by atoms with Crippen LogP contribution in [0.15, 0.2) is 29.2 Å². The third kappa shape index (κ3) is 3.69. The molecule has 0 saturated carbocycles. The Morgan fingerprint density at radius 1 is 1.22 bits per heavy atom. The number of rotatable bonds is 4. The maximum absolute atomic E-state index is 11.6. The summed E-state index contributed by atoms with van der Waals surface area (Å²) in [5, 5.41) is 1.04. The van der Waals surface area contributed by atoms with Gasteiger partial charge in [-0.1, -0.05) is 34.8 Å². The van der Waals surface area contributed by atoms with E-state index >= 15 is 0 Å². The monoisotopic (exact) mass is 312 g/mol. The molecule has 1 unspecified atom stereocenters. The lowest BCUT2D eigenvalue weighted by molar-refractivity contribution is 0.209. The smallest absolute Gasteiger partial charge is 0.250 e. The number of aromatic nitrogens is 1. The highest BCUT2D eigenvalue weighted by atomic mass is 79.9. The Bertz CT molecular complexity index is 418. The van der Waals surface area contributed by atoms with Gasteiger partial charge in [0.15, 0.2) is 0 Å². The van der Waals surface area contributed by atoms with Gasteiger partial charge in [0, 0.05) is 36.7 Å². The van der Waals surface area contributed by atoms with Gasteiger partial charge in [-0.3, -0.25) is 9.69 Å². The van der Waals surface area contributed by atoms with Gasteiger partial charge in [-0.2, -0.15) is 0 Å². The highest BCUT2D eigenvalue weighted by Crippen LogP contribution is 2.18. The zero-order valence-corrected chi connectivity index (χ0v) is 12.3. The predicted molar refractivity (Wildman–Crippen MR) is 78.3 cm³/mol. The van der Waals surface area contributed by atoms with E-state index in [0.29, 0.717) is 6.04 Å². The van der Waals surface area contributed by atoms with Crippen LogP contribution in [0.25, 0.3) is 0 Å². The molecular weight excluding hydrogens is 292 g/mol. The van der Waals surface area contributed by atoms with Crippen molar-refractivity contribution in [3.05, 3.63) is 34.7 Å². The van der Waals surface area contributed by atoms with E-state index in [1.807, 2.05) is 12.3 Å². The molecule has 18 heavy (non-hydrogen) atoms. The van der Waals surface area contributed by atoms with Crippen LogP contribution in [-0.2, 0) is 6.54 Å². The van der Waals surface area contributed by atoms with Crippen molar-refractivity contribution in [1.82, 2.24) is 9.47 Å². The van der Waals surface area contributed by atoms with E-state index in [1.54, 1.807) is 16.7 Å². The quantitative estimate of drug-likeness (QED) is 0.798. The van der Waals surface area contributed by atoms with Crippen molar-refractivity contribution in [2.24, 2.45) is 0 Å². The molecule has 1 aliphatic rings. The minimum absolute atomic E-state index is 0.0997. The van der Waals surface area contributed by atoms with E-state index in [1.165, 1.54) is 25.7 Å². The summed E-state index contributed by atoms with van der Waals surface area (Å²) in [6.45, 7) is 2.93. The molecule has 1 aromatic heterocycles. The van der Waals surface area contributed by atoms with Crippen molar-refractivity contribution >= 4 is 15.9 Å². The summed E-state index contributed by atoms with van der Waals surface area (Å²) in [5.74, 6) is 0. The van der Waals surface area contributed by atoms with Gasteiger partial charge < -0.3 is 4.57 Å². The molecule has 0 spiro atoms. The molecule has 0 N–H and O–H groups in total. The molecule has 4 heteroatoms. The molecule has 1 saturated heterocycles. The lowest BCUT2D eigenvalue weighted by Gasteiger charge is -2.28. The normalized spacial score (nSPS) is 21.7. The summed E-state index contributed by atoms with van der Waals surface area (Å²) < 4.78 is 1.80. The largest absolute Gasteiger partial charge is 0.314 e. The summed E-state index contributed by atoms with van der Waals surface area (Å²) >= 11 is 3.62. The third-order valence-corrected chi connectivity index (χ3v) is 4.45. The maximum Gasteiger partial charge on any atom is 0.250 e. The first-order chi connectivity index (χ1) is 8.81. The van der Waals surface area contributed by atoms with E-state index in [-0.39, 0.29) is 5.56 Å². The molecule has 2 rings (SSSR count). The molecule has 1 aliphatic heterocycles. The van der Waals surface area contributed by atoms with Crippen molar-refractivity contribution in [2.45, 2.75) is 38.3 Å². The molecular formula is C14H21BrN2O. The van der Waals surface area contributed by atoms with Crippen LogP contribution in [0.3, 0.4) is 0 Å². The van der Waals surface area contributed by atoms with Crippen molar-refractivity contribution in [2.75, 3.05) is 18.4 Å². The summed E-state index contributed by atoms with van der Waals surface area (Å²) in [7, 11) is 0. The van der Waals surface area contributed by atoms with Gasteiger partial charge in [0.25, 0.3) is 5.56 Å². The molecule has 100 valence electrons. The Morgan fingerprint density at radius 3 is 2.89 bits per heavy atom. The summed E-state index contributed by atoms with van der Waals surface area (Å²) in [5.41, 5.74) is 0.0997. The summed E-state index contributed by atoms with van der Waals surface area (Å²) in [6.07, 6.45) is 7.11. The van der Waals surface area contributed by atoms with Crippen molar-refractivity contribution < 1.29 is 0 Å². The maximum atomic E-state index is 11.6. The SMILES string of the molecule is O=c1ccccn1CCN1CCCCCC1CBr. The average molecular weight is 313 g/mol. The fourth-order valence-corrected chi connectivity index (χ4v) is 3.32. The molecule has 1 atom stereocenters. The lowest BCUT2D eigenvalue weighted by atomic mass is 10.1. The fraction of sp³-hybridized carbons (Fsp3) is 0.643. The molecule has 2 heterocycles. The number of hydrogen-bond acceptors (Lipinski definition) is 2. The van der Waals surface area contributed by atoms with Crippen LogP contribution in [-0.4, -0.2) is 33.9 Å². The van der Waals surface area contributed by atoms with E-state index in [0.717, 1.165) is 25.0 Å². The first-order valence-corrected chi connectivity index (χ1v) is 7.89. The van der Waals surface area contributed by atoms with Crippen LogP contribution in [0, 0.1) is 0 Å². The Balaban J connectivity index is 1.95. The van der Waals surface area contributed by atoms with Crippen LogP contribution >= 0.6 is 15.9 Å². The third-order valence-electron chi connectivity index (χ3n) is 3.70. The van der Waals surface area contributed by atoms with Crippen molar-refractivity contribution in [1.29, 1.82) is 0 Å². The summed E-state index contributed by atoms with van der Waals surface area (Å²) in [4.78, 5) is 14.2. The molecule has 1 fully saturated rings. The second-order valence-electron chi connectivity index (χ2n) is 4.93. The Morgan fingerprint density at radius 2 is 2.11 bits per heavy atom. The van der Waals surface area contributed by atoms with Crippen LogP contribution in [0.5, 0.6) is 0 Å². The minimum Gasteiger partial charge on any atom is -0.314 e. The van der Waals surface area contributed by atoms with Gasteiger partial charge in [-0.25, -0.2) is 0 Å². The Labute approximate surface area is 117 Å². The van der Waals surface area contributed by atoms with Crippen LogP contribution in [0.4, 0.5) is 0 Å². The average Bonchev–Trinajstić information content (AvgIpc) is 2.62. The van der Waals surface area contributed by atoms with Crippen molar-refractivity contribution in [3.63, 3.8) is 0 Å². The zero-order valence-electron chi connectivity index (χ0n) is 10.7. The highest BCUT2D eigenvalue weighted by Gasteiger charge is 2.19.